The van der Waals surface area contributed by atoms with E-state index >= 15 is 0 Å². The second-order valence-corrected chi connectivity index (χ2v) is 2.08. The lowest BCUT2D eigenvalue weighted by atomic mass is 10.4. The first kappa shape index (κ1) is 6.29. The highest BCUT2D eigenvalue weighted by molar-refractivity contribution is 4.77. The van der Waals surface area contributed by atoms with E-state index < -0.39 is 0 Å². The van der Waals surface area contributed by atoms with Gasteiger partial charge < -0.3 is 5.11 Å². The number of hydrogen-bond acceptors (Lipinski definition) is 2. The Morgan fingerprint density at radius 1 is 1.78 bits per heavy atom. The van der Waals surface area contributed by atoms with E-state index in [4.69, 9.17) is 5.11 Å². The number of aliphatic hydroxyl groups is 1. The molecule has 0 radical (unpaired) electrons. The maximum Gasteiger partial charge on any atom is 0.0708 e. The lowest BCUT2D eigenvalue weighted by Crippen LogP contribution is -2.11. The normalized spacial score (nSPS) is 13.6. The molecule has 0 fully saturated rings. The molecule has 1 atom stereocenters. The summed E-state index contributed by atoms with van der Waals surface area (Å²) in [6, 6.07) is 1.84. The fourth-order valence-corrected chi connectivity index (χ4v) is 0.679. The van der Waals surface area contributed by atoms with Gasteiger partial charge in [0.2, 0.25) is 0 Å². The largest absolute Gasteiger partial charge is 0.391 e. The topological polar surface area (TPSA) is 38.0 Å². The molecular formula is C6H10N2O. The molecule has 0 aliphatic heterocycles. The lowest BCUT2D eigenvalue weighted by Gasteiger charge is -2.01. The lowest BCUT2D eigenvalue weighted by molar-refractivity contribution is 0.168. The van der Waals surface area contributed by atoms with Gasteiger partial charge in [0.1, 0.15) is 0 Å². The average molecular weight is 126 g/mol. The van der Waals surface area contributed by atoms with Crippen molar-refractivity contribution in [2.45, 2.75) is 19.6 Å². The van der Waals surface area contributed by atoms with Gasteiger partial charge in [0.05, 0.1) is 12.6 Å². The highest BCUT2D eigenvalue weighted by Gasteiger charge is 1.94. The minimum absolute atomic E-state index is 0.315. The summed E-state index contributed by atoms with van der Waals surface area (Å²) >= 11 is 0. The van der Waals surface area contributed by atoms with Crippen LogP contribution in [0.4, 0.5) is 0 Å². The van der Waals surface area contributed by atoms with Crippen LogP contribution in [0.2, 0.25) is 0 Å². The molecule has 1 rings (SSSR count). The third-order valence-electron chi connectivity index (χ3n) is 1.01. The maximum atomic E-state index is 8.86. The third-order valence-corrected chi connectivity index (χ3v) is 1.01. The molecule has 1 aromatic rings. The zero-order valence-corrected chi connectivity index (χ0v) is 5.36. The first-order valence-electron chi connectivity index (χ1n) is 2.94. The van der Waals surface area contributed by atoms with Gasteiger partial charge in [0.15, 0.2) is 0 Å². The molecule has 50 valence electrons. The first-order chi connectivity index (χ1) is 4.29. The molecule has 0 saturated carbocycles. The second kappa shape index (κ2) is 2.64. The molecular weight excluding hydrogens is 116 g/mol. The van der Waals surface area contributed by atoms with E-state index in [1.54, 1.807) is 17.8 Å². The summed E-state index contributed by atoms with van der Waals surface area (Å²) in [5, 5.41) is 12.8. The van der Waals surface area contributed by atoms with Crippen molar-refractivity contribution < 1.29 is 5.11 Å². The summed E-state index contributed by atoms with van der Waals surface area (Å²) in [5.41, 5.74) is 0. The standard InChI is InChI=1S/C6H10N2O/c1-6(9)5-8-4-2-3-7-8/h2-4,6,9H,5H2,1H3. The quantitative estimate of drug-likeness (QED) is 0.617. The highest BCUT2D eigenvalue weighted by atomic mass is 16.3. The van der Waals surface area contributed by atoms with Gasteiger partial charge in [0, 0.05) is 12.4 Å². The summed E-state index contributed by atoms with van der Waals surface area (Å²) in [6.07, 6.45) is 3.21. The molecule has 1 N–H and O–H groups in total. The Morgan fingerprint density at radius 2 is 2.56 bits per heavy atom. The molecule has 0 aliphatic rings. The van der Waals surface area contributed by atoms with Crippen molar-refractivity contribution in [2.75, 3.05) is 0 Å². The Bertz CT molecular complexity index is 158. The van der Waals surface area contributed by atoms with Crippen LogP contribution in [0.5, 0.6) is 0 Å². The molecule has 1 heterocycles. The van der Waals surface area contributed by atoms with Crippen LogP contribution < -0.4 is 0 Å². The maximum absolute atomic E-state index is 8.86. The third kappa shape index (κ3) is 1.85. The van der Waals surface area contributed by atoms with E-state index in [1.807, 2.05) is 12.3 Å². The SMILES string of the molecule is CC(O)Cn1cccn1. The van der Waals surface area contributed by atoms with Gasteiger partial charge in [0.25, 0.3) is 0 Å². The van der Waals surface area contributed by atoms with Crippen LogP contribution >= 0.6 is 0 Å². The van der Waals surface area contributed by atoms with E-state index in [9.17, 15) is 0 Å². The van der Waals surface area contributed by atoms with Crippen LogP contribution in [0, 0.1) is 0 Å². The number of aliphatic hydroxyl groups excluding tert-OH is 1. The van der Waals surface area contributed by atoms with E-state index in [2.05, 4.69) is 5.10 Å². The van der Waals surface area contributed by atoms with Crippen molar-refractivity contribution in [3.05, 3.63) is 18.5 Å². The van der Waals surface area contributed by atoms with Gasteiger partial charge in [-0.05, 0) is 13.0 Å². The van der Waals surface area contributed by atoms with Crippen molar-refractivity contribution >= 4 is 0 Å². The predicted octanol–water partition coefficient (Wildman–Crippen LogP) is 0.264. The predicted molar refractivity (Wildman–Crippen MR) is 33.9 cm³/mol. The molecule has 0 saturated heterocycles. The molecule has 1 unspecified atom stereocenters. The monoisotopic (exact) mass is 126 g/mol. The summed E-state index contributed by atoms with van der Waals surface area (Å²) in [4.78, 5) is 0. The van der Waals surface area contributed by atoms with Crippen molar-refractivity contribution in [1.29, 1.82) is 0 Å². The van der Waals surface area contributed by atoms with E-state index in [-0.39, 0.29) is 6.10 Å². The molecule has 0 spiro atoms. The zero-order chi connectivity index (χ0) is 6.69. The molecule has 1 aromatic heterocycles. The molecule has 0 bridgehead atoms. The smallest absolute Gasteiger partial charge is 0.0708 e. The van der Waals surface area contributed by atoms with Gasteiger partial charge in [-0.1, -0.05) is 0 Å². The summed E-state index contributed by atoms with van der Waals surface area (Å²) in [5.74, 6) is 0. The Hall–Kier alpha value is -0.830. The first-order valence-corrected chi connectivity index (χ1v) is 2.94. The van der Waals surface area contributed by atoms with Crippen LogP contribution in [-0.2, 0) is 6.54 Å². The van der Waals surface area contributed by atoms with Crippen LogP contribution in [0.3, 0.4) is 0 Å². The van der Waals surface area contributed by atoms with Gasteiger partial charge >= 0.3 is 0 Å². The summed E-state index contributed by atoms with van der Waals surface area (Å²) in [7, 11) is 0. The minimum Gasteiger partial charge on any atom is -0.391 e. The molecule has 3 heteroatoms. The summed E-state index contributed by atoms with van der Waals surface area (Å²) < 4.78 is 1.70. The average Bonchev–Trinajstić information content (AvgIpc) is 2.15. The minimum atomic E-state index is -0.315. The molecule has 0 aromatic carbocycles. The number of rotatable bonds is 2. The number of hydrogen-bond donors (Lipinski definition) is 1. The number of nitrogens with zero attached hydrogens (tertiary/aromatic N) is 2. The van der Waals surface area contributed by atoms with Gasteiger partial charge in [-0.15, -0.1) is 0 Å². The Kier molecular flexibility index (Phi) is 1.85. The Morgan fingerprint density at radius 3 is 3.00 bits per heavy atom. The van der Waals surface area contributed by atoms with Crippen molar-refractivity contribution in [1.82, 2.24) is 9.78 Å². The summed E-state index contributed by atoms with van der Waals surface area (Å²) in [6.45, 7) is 2.31. The van der Waals surface area contributed by atoms with Gasteiger partial charge in [-0.2, -0.15) is 5.10 Å². The van der Waals surface area contributed by atoms with E-state index in [1.165, 1.54) is 0 Å². The fraction of sp³-hybridized carbons (Fsp3) is 0.500. The zero-order valence-electron chi connectivity index (χ0n) is 5.36. The van der Waals surface area contributed by atoms with Crippen molar-refractivity contribution in [3.63, 3.8) is 0 Å². The van der Waals surface area contributed by atoms with Crippen LogP contribution in [0.15, 0.2) is 18.5 Å². The van der Waals surface area contributed by atoms with E-state index in [0.29, 0.717) is 6.54 Å². The molecule has 0 aliphatic carbocycles. The Labute approximate surface area is 53.9 Å². The van der Waals surface area contributed by atoms with Crippen LogP contribution in [-0.4, -0.2) is 21.0 Å². The van der Waals surface area contributed by atoms with Crippen molar-refractivity contribution in [3.8, 4) is 0 Å². The van der Waals surface area contributed by atoms with Gasteiger partial charge in [-0.3, -0.25) is 4.68 Å². The van der Waals surface area contributed by atoms with Crippen molar-refractivity contribution in [2.24, 2.45) is 0 Å². The van der Waals surface area contributed by atoms with Crippen LogP contribution in [0.25, 0.3) is 0 Å². The molecule has 9 heavy (non-hydrogen) atoms. The molecule has 0 amide bonds. The second-order valence-electron chi connectivity index (χ2n) is 2.08. The fourth-order valence-electron chi connectivity index (χ4n) is 0.679. The Balaban J connectivity index is 2.48. The van der Waals surface area contributed by atoms with Gasteiger partial charge in [-0.25, -0.2) is 0 Å². The number of aromatic nitrogens is 2. The molecule has 3 nitrogen and oxygen atoms in total. The highest BCUT2D eigenvalue weighted by Crippen LogP contribution is 1.87. The van der Waals surface area contributed by atoms with E-state index in [0.717, 1.165) is 0 Å². The van der Waals surface area contributed by atoms with Crippen LogP contribution in [0.1, 0.15) is 6.92 Å².